The lowest BCUT2D eigenvalue weighted by Gasteiger charge is -2.38. The largest absolute Gasteiger partial charge is 0.493 e. The predicted octanol–water partition coefficient (Wildman–Crippen LogP) is 6.73. The van der Waals surface area contributed by atoms with Crippen LogP contribution >= 0.6 is 0 Å². The summed E-state index contributed by atoms with van der Waals surface area (Å²) in [6.07, 6.45) is 1.81. The Morgan fingerprint density at radius 2 is 1.51 bits per heavy atom. The Bertz CT molecular complexity index is 2040. The van der Waals surface area contributed by atoms with E-state index in [2.05, 4.69) is 10.3 Å². The minimum atomic E-state index is -1.38. The highest BCUT2D eigenvalue weighted by atomic mass is 19.1. The van der Waals surface area contributed by atoms with Crippen molar-refractivity contribution in [3.8, 4) is 23.0 Å². The van der Waals surface area contributed by atoms with Crippen LogP contribution in [0.15, 0.2) is 91.1 Å². The molecule has 4 amide bonds. The molecule has 2 heterocycles. The normalized spacial score (nSPS) is 14.6. The van der Waals surface area contributed by atoms with Crippen LogP contribution in [0.5, 0.6) is 23.0 Å². The number of anilines is 2. The maximum absolute atomic E-state index is 15.4. The number of carbonyl (C=O) groups is 3. The van der Waals surface area contributed by atoms with Crippen molar-refractivity contribution in [2.75, 3.05) is 37.5 Å². The zero-order valence-electron chi connectivity index (χ0n) is 26.3. The Hall–Kier alpha value is -6.11. The van der Waals surface area contributed by atoms with E-state index < -0.39 is 41.2 Å². The number of amides is 4. The molecule has 1 aliphatic rings. The van der Waals surface area contributed by atoms with E-state index in [1.165, 1.54) is 61.7 Å². The van der Waals surface area contributed by atoms with Crippen LogP contribution in [0.1, 0.15) is 5.56 Å². The maximum atomic E-state index is 15.4. The molecule has 1 N–H and O–H groups in total. The Morgan fingerprint density at radius 3 is 2.18 bits per heavy atom. The second-order valence-electron chi connectivity index (χ2n) is 11.1. The van der Waals surface area contributed by atoms with E-state index in [0.717, 1.165) is 28.7 Å². The van der Waals surface area contributed by atoms with E-state index in [-0.39, 0.29) is 30.2 Å². The first-order chi connectivity index (χ1) is 23.6. The van der Waals surface area contributed by atoms with Gasteiger partial charge in [-0.05, 0) is 72.6 Å². The second-order valence-corrected chi connectivity index (χ2v) is 11.1. The third kappa shape index (κ3) is 6.96. The number of rotatable bonds is 10. The molecular weight excluding hydrogens is 641 g/mol. The molecule has 1 aliphatic heterocycles. The number of nitrogens with zero attached hydrogens (tertiary/aromatic N) is 3. The van der Waals surface area contributed by atoms with Crippen LogP contribution in [0.4, 0.5) is 29.3 Å². The molecule has 1 atom stereocenters. The van der Waals surface area contributed by atoms with Crippen LogP contribution in [0.3, 0.4) is 0 Å². The van der Waals surface area contributed by atoms with Crippen LogP contribution < -0.4 is 24.4 Å². The smallest absolute Gasteiger partial charge is 0.331 e. The monoisotopic (exact) mass is 670 g/mol. The first kappa shape index (κ1) is 32.8. The summed E-state index contributed by atoms with van der Waals surface area (Å²) in [5.74, 6) is -3.75. The first-order valence-corrected chi connectivity index (χ1v) is 15.1. The van der Waals surface area contributed by atoms with Crippen molar-refractivity contribution in [3.05, 3.63) is 114 Å². The highest BCUT2D eigenvalue weighted by Gasteiger charge is 2.43. The molecule has 4 aromatic carbocycles. The van der Waals surface area contributed by atoms with Gasteiger partial charge < -0.3 is 24.4 Å². The quantitative estimate of drug-likeness (QED) is 0.164. The molecule has 0 bridgehead atoms. The second kappa shape index (κ2) is 13.9. The highest BCUT2D eigenvalue weighted by molar-refractivity contribution is 6.23. The number of benzene rings is 4. The number of carbonyl (C=O) groups excluding carboxylic acids is 3. The summed E-state index contributed by atoms with van der Waals surface area (Å²) >= 11 is 0. The van der Waals surface area contributed by atoms with Crippen molar-refractivity contribution in [3.63, 3.8) is 0 Å². The average molecular weight is 671 g/mol. The molecule has 49 heavy (non-hydrogen) atoms. The van der Waals surface area contributed by atoms with Gasteiger partial charge in [-0.15, -0.1) is 0 Å². The summed E-state index contributed by atoms with van der Waals surface area (Å²) in [5.41, 5.74) is 1.37. The predicted molar refractivity (Wildman–Crippen MR) is 174 cm³/mol. The number of hydrogen-bond acceptors (Lipinski definition) is 7. The number of hydrogen-bond donors (Lipinski definition) is 1. The minimum Gasteiger partial charge on any atom is -0.493 e. The van der Waals surface area contributed by atoms with Crippen molar-refractivity contribution in [1.82, 2.24) is 9.88 Å². The third-order valence-electron chi connectivity index (χ3n) is 7.99. The van der Waals surface area contributed by atoms with Crippen LogP contribution in [0.2, 0.25) is 0 Å². The Kier molecular flexibility index (Phi) is 9.33. The molecule has 250 valence electrons. The summed E-state index contributed by atoms with van der Waals surface area (Å²) < 4.78 is 59.0. The molecule has 0 saturated carbocycles. The number of fused-ring (bicyclic) bond motifs is 1. The number of ether oxygens (including phenoxy) is 3. The fourth-order valence-electron chi connectivity index (χ4n) is 5.44. The van der Waals surface area contributed by atoms with Gasteiger partial charge in [0.05, 0.1) is 25.4 Å². The zero-order valence-corrected chi connectivity index (χ0v) is 26.3. The SMILES string of the molecule is COc1cc2nccc(Oc3ccc(NC(=O)C4CN(CCc5ccc(F)cc5)C(=O)N(c5ccc(F)cc5)C4=O)cc3F)c2cc1OC. The van der Waals surface area contributed by atoms with E-state index in [0.29, 0.717) is 34.6 Å². The lowest BCUT2D eigenvalue weighted by molar-refractivity contribution is -0.132. The van der Waals surface area contributed by atoms with Crippen molar-refractivity contribution >= 4 is 40.1 Å². The third-order valence-corrected chi connectivity index (χ3v) is 7.99. The Labute approximate surface area is 278 Å². The van der Waals surface area contributed by atoms with E-state index in [9.17, 15) is 23.2 Å². The van der Waals surface area contributed by atoms with Gasteiger partial charge in [-0.2, -0.15) is 0 Å². The summed E-state index contributed by atoms with van der Waals surface area (Å²) in [4.78, 5) is 47.1. The van der Waals surface area contributed by atoms with Gasteiger partial charge in [-0.1, -0.05) is 12.1 Å². The van der Waals surface area contributed by atoms with E-state index in [1.807, 2.05) is 0 Å². The molecule has 1 unspecified atom stereocenters. The number of nitrogens with one attached hydrogen (secondary N) is 1. The fourth-order valence-corrected chi connectivity index (χ4v) is 5.44. The number of halogens is 3. The number of imide groups is 1. The first-order valence-electron chi connectivity index (χ1n) is 15.1. The molecule has 1 aromatic heterocycles. The van der Waals surface area contributed by atoms with Gasteiger partial charge in [0.15, 0.2) is 23.1 Å². The molecular formula is C36H29F3N4O6. The lowest BCUT2D eigenvalue weighted by Crippen LogP contribution is -2.60. The van der Waals surface area contributed by atoms with Gasteiger partial charge in [-0.3, -0.25) is 14.6 Å². The average Bonchev–Trinajstić information content (AvgIpc) is 3.10. The van der Waals surface area contributed by atoms with Crippen molar-refractivity contribution < 1.29 is 41.8 Å². The molecule has 0 spiro atoms. The highest BCUT2D eigenvalue weighted by Crippen LogP contribution is 2.37. The van der Waals surface area contributed by atoms with Crippen molar-refractivity contribution in [2.45, 2.75) is 6.42 Å². The minimum absolute atomic E-state index is 0.0386. The van der Waals surface area contributed by atoms with Gasteiger partial charge in [0.25, 0.3) is 0 Å². The van der Waals surface area contributed by atoms with Gasteiger partial charge in [-0.25, -0.2) is 22.9 Å². The molecule has 5 aromatic rings. The maximum Gasteiger partial charge on any atom is 0.331 e. The number of urea groups is 1. The van der Waals surface area contributed by atoms with E-state index >= 15 is 4.39 Å². The molecule has 0 radical (unpaired) electrons. The number of methoxy groups -OCH3 is 2. The van der Waals surface area contributed by atoms with Crippen LogP contribution in [-0.2, 0) is 16.0 Å². The van der Waals surface area contributed by atoms with Gasteiger partial charge >= 0.3 is 6.03 Å². The van der Waals surface area contributed by atoms with E-state index in [1.54, 1.807) is 30.3 Å². The van der Waals surface area contributed by atoms with Gasteiger partial charge in [0.2, 0.25) is 11.8 Å². The molecule has 13 heteroatoms. The van der Waals surface area contributed by atoms with Gasteiger partial charge in [0, 0.05) is 42.5 Å². The molecule has 1 fully saturated rings. The molecule has 10 nitrogen and oxygen atoms in total. The van der Waals surface area contributed by atoms with Crippen molar-refractivity contribution in [1.29, 1.82) is 0 Å². The summed E-state index contributed by atoms with van der Waals surface area (Å²) in [7, 11) is 2.98. The topological polar surface area (TPSA) is 110 Å². The Morgan fingerprint density at radius 1 is 0.837 bits per heavy atom. The van der Waals surface area contributed by atoms with Crippen LogP contribution in [0.25, 0.3) is 10.9 Å². The van der Waals surface area contributed by atoms with Crippen LogP contribution in [0, 0.1) is 23.4 Å². The summed E-state index contributed by atoms with van der Waals surface area (Å²) in [6.45, 7) is -0.169. The van der Waals surface area contributed by atoms with Crippen LogP contribution in [-0.4, -0.2) is 55.0 Å². The standard InChI is InChI=1S/C36H29F3N4O6/c1-47-32-18-26-29(19-33(32)48-2)40-15-13-30(26)49-31-12-9-24(17-28(31)39)41-34(44)27-20-42(16-14-21-3-5-22(37)6-4-21)36(46)43(35(27)45)25-10-7-23(38)8-11-25/h3-13,15,17-19,27H,14,16,20H2,1-2H3,(H,41,44). The van der Waals surface area contributed by atoms with Gasteiger partial charge in [0.1, 0.15) is 23.3 Å². The van der Waals surface area contributed by atoms with Crippen molar-refractivity contribution in [2.24, 2.45) is 5.92 Å². The number of pyridine rings is 1. The Balaban J connectivity index is 1.22. The fraction of sp³-hybridized carbons (Fsp3) is 0.167. The summed E-state index contributed by atoms with van der Waals surface area (Å²) in [5, 5.41) is 3.10. The zero-order chi connectivity index (χ0) is 34.7. The lowest BCUT2D eigenvalue weighted by atomic mass is 10.0. The summed E-state index contributed by atoms with van der Waals surface area (Å²) in [6, 6.07) is 18.4. The molecule has 0 aliphatic carbocycles. The molecule has 1 saturated heterocycles. The molecule has 6 rings (SSSR count). The number of aromatic nitrogens is 1. The van der Waals surface area contributed by atoms with E-state index in [4.69, 9.17) is 14.2 Å².